The fraction of sp³-hybridized carbons (Fsp3) is 0.0625. The van der Waals surface area contributed by atoms with Crippen LogP contribution >= 0.6 is 0 Å². The fourth-order valence-corrected chi connectivity index (χ4v) is 1.78. The molecular formula is C16H12N2O3. The molecule has 2 aromatic carbocycles. The van der Waals surface area contributed by atoms with Crippen molar-refractivity contribution in [1.29, 1.82) is 5.26 Å². The van der Waals surface area contributed by atoms with Gasteiger partial charge >= 0.3 is 5.97 Å². The zero-order valence-corrected chi connectivity index (χ0v) is 11.0. The third-order valence-electron chi connectivity index (χ3n) is 2.91. The lowest BCUT2D eigenvalue weighted by Crippen LogP contribution is -2.22. The third kappa shape index (κ3) is 3.67. The first-order valence-corrected chi connectivity index (χ1v) is 6.21. The van der Waals surface area contributed by atoms with Crippen LogP contribution in [0.1, 0.15) is 31.8 Å². The summed E-state index contributed by atoms with van der Waals surface area (Å²) < 4.78 is 0. The number of hydrogen-bond acceptors (Lipinski definition) is 3. The van der Waals surface area contributed by atoms with Crippen LogP contribution in [0.15, 0.2) is 48.5 Å². The molecule has 0 radical (unpaired) electrons. The van der Waals surface area contributed by atoms with Gasteiger partial charge in [-0.05, 0) is 35.9 Å². The quantitative estimate of drug-likeness (QED) is 0.898. The van der Waals surface area contributed by atoms with E-state index in [0.717, 1.165) is 5.56 Å². The molecule has 1 amide bonds. The predicted octanol–water partition coefficient (Wildman–Crippen LogP) is 2.19. The summed E-state index contributed by atoms with van der Waals surface area (Å²) in [6, 6.07) is 14.7. The number of hydrogen-bond donors (Lipinski definition) is 2. The van der Waals surface area contributed by atoms with Crippen molar-refractivity contribution >= 4 is 11.9 Å². The highest BCUT2D eigenvalue weighted by Crippen LogP contribution is 2.06. The molecule has 0 aliphatic rings. The Morgan fingerprint density at radius 1 is 1.10 bits per heavy atom. The Labute approximate surface area is 121 Å². The van der Waals surface area contributed by atoms with Crippen LogP contribution in [0.3, 0.4) is 0 Å². The molecule has 0 spiro atoms. The first kappa shape index (κ1) is 14.3. The number of carboxylic acids is 1. The van der Waals surface area contributed by atoms with Gasteiger partial charge in [-0.15, -0.1) is 0 Å². The number of benzene rings is 2. The maximum Gasteiger partial charge on any atom is 0.335 e. The lowest BCUT2D eigenvalue weighted by Gasteiger charge is -2.06. The highest BCUT2D eigenvalue weighted by molar-refractivity contribution is 5.94. The van der Waals surface area contributed by atoms with Gasteiger partial charge < -0.3 is 10.4 Å². The summed E-state index contributed by atoms with van der Waals surface area (Å²) in [6.07, 6.45) is 0. The van der Waals surface area contributed by atoms with Gasteiger partial charge in [0.05, 0.1) is 17.2 Å². The average molecular weight is 280 g/mol. The number of carboxylic acid groups (broad SMARTS) is 1. The Balaban J connectivity index is 2.00. The van der Waals surface area contributed by atoms with Crippen LogP contribution in [0, 0.1) is 11.3 Å². The largest absolute Gasteiger partial charge is 0.478 e. The molecule has 2 N–H and O–H groups in total. The van der Waals surface area contributed by atoms with Gasteiger partial charge in [-0.3, -0.25) is 4.79 Å². The molecule has 0 saturated heterocycles. The van der Waals surface area contributed by atoms with E-state index in [1.807, 2.05) is 6.07 Å². The number of nitrogens with zero attached hydrogens (tertiary/aromatic N) is 1. The highest BCUT2D eigenvalue weighted by atomic mass is 16.4. The number of aromatic carboxylic acids is 1. The van der Waals surface area contributed by atoms with Gasteiger partial charge in [0.2, 0.25) is 0 Å². The lowest BCUT2D eigenvalue weighted by molar-refractivity contribution is 0.0696. The highest BCUT2D eigenvalue weighted by Gasteiger charge is 2.06. The maximum atomic E-state index is 11.9. The van der Waals surface area contributed by atoms with E-state index in [9.17, 15) is 9.59 Å². The Bertz CT molecular complexity index is 715. The van der Waals surface area contributed by atoms with Gasteiger partial charge in [0.1, 0.15) is 0 Å². The average Bonchev–Trinajstić information content (AvgIpc) is 2.53. The van der Waals surface area contributed by atoms with Gasteiger partial charge in [-0.25, -0.2) is 4.79 Å². The number of carbonyl (C=O) groups excluding carboxylic acids is 1. The molecule has 5 heteroatoms. The second-order valence-corrected chi connectivity index (χ2v) is 4.38. The van der Waals surface area contributed by atoms with Crippen molar-refractivity contribution in [3.05, 3.63) is 70.8 Å². The van der Waals surface area contributed by atoms with Crippen molar-refractivity contribution in [1.82, 2.24) is 5.32 Å². The van der Waals surface area contributed by atoms with E-state index in [1.54, 1.807) is 30.3 Å². The zero-order chi connectivity index (χ0) is 15.2. The molecule has 21 heavy (non-hydrogen) atoms. The molecule has 2 rings (SSSR count). The Kier molecular flexibility index (Phi) is 4.32. The van der Waals surface area contributed by atoms with Crippen molar-refractivity contribution in [3.63, 3.8) is 0 Å². The molecule has 0 aliphatic heterocycles. The minimum atomic E-state index is -0.987. The van der Waals surface area contributed by atoms with Crippen LogP contribution in [0.2, 0.25) is 0 Å². The van der Waals surface area contributed by atoms with Crippen molar-refractivity contribution in [2.45, 2.75) is 6.54 Å². The summed E-state index contributed by atoms with van der Waals surface area (Å²) in [5.74, 6) is -1.27. The normalized spacial score (nSPS) is 9.67. The molecule has 0 fully saturated rings. The molecule has 5 nitrogen and oxygen atoms in total. The number of rotatable bonds is 4. The molecule has 104 valence electrons. The number of nitriles is 1. The van der Waals surface area contributed by atoms with Crippen LogP contribution in [0.4, 0.5) is 0 Å². The fourth-order valence-electron chi connectivity index (χ4n) is 1.78. The van der Waals surface area contributed by atoms with E-state index >= 15 is 0 Å². The second kappa shape index (κ2) is 6.35. The first-order valence-electron chi connectivity index (χ1n) is 6.21. The molecular weight excluding hydrogens is 268 g/mol. The van der Waals surface area contributed by atoms with Crippen LogP contribution in [-0.4, -0.2) is 17.0 Å². The van der Waals surface area contributed by atoms with Crippen molar-refractivity contribution in [3.8, 4) is 6.07 Å². The maximum absolute atomic E-state index is 11.9. The molecule has 0 aromatic heterocycles. The van der Waals surface area contributed by atoms with Crippen LogP contribution in [-0.2, 0) is 6.54 Å². The zero-order valence-electron chi connectivity index (χ0n) is 11.0. The summed E-state index contributed by atoms with van der Waals surface area (Å²) in [7, 11) is 0. The van der Waals surface area contributed by atoms with Gasteiger partial charge in [-0.1, -0.05) is 18.2 Å². The van der Waals surface area contributed by atoms with Crippen LogP contribution in [0.5, 0.6) is 0 Å². The topological polar surface area (TPSA) is 90.2 Å². The van der Waals surface area contributed by atoms with Gasteiger partial charge in [-0.2, -0.15) is 5.26 Å². The molecule has 2 aromatic rings. The van der Waals surface area contributed by atoms with Crippen LogP contribution in [0.25, 0.3) is 0 Å². The summed E-state index contributed by atoms with van der Waals surface area (Å²) >= 11 is 0. The van der Waals surface area contributed by atoms with Crippen molar-refractivity contribution in [2.24, 2.45) is 0 Å². The van der Waals surface area contributed by atoms with E-state index in [2.05, 4.69) is 5.32 Å². The number of nitrogens with one attached hydrogen (secondary N) is 1. The Morgan fingerprint density at radius 3 is 2.43 bits per heavy atom. The van der Waals surface area contributed by atoms with Gasteiger partial charge in [0.25, 0.3) is 5.91 Å². The van der Waals surface area contributed by atoms with E-state index in [4.69, 9.17) is 10.4 Å². The Hall–Kier alpha value is -3.13. The minimum absolute atomic E-state index is 0.201. The standard InChI is InChI=1S/C16H12N2O3/c17-9-12-2-1-3-14(8-12)15(19)18-10-11-4-6-13(7-5-11)16(20)21/h1-8H,10H2,(H,18,19)(H,20,21). The second-order valence-electron chi connectivity index (χ2n) is 4.38. The van der Waals surface area contributed by atoms with E-state index < -0.39 is 5.97 Å². The van der Waals surface area contributed by atoms with E-state index in [1.165, 1.54) is 18.2 Å². The molecule has 0 heterocycles. The number of carbonyl (C=O) groups is 2. The smallest absolute Gasteiger partial charge is 0.335 e. The monoisotopic (exact) mass is 280 g/mol. The third-order valence-corrected chi connectivity index (χ3v) is 2.91. The van der Waals surface area contributed by atoms with E-state index in [-0.39, 0.29) is 18.0 Å². The number of amides is 1. The first-order chi connectivity index (χ1) is 10.1. The SMILES string of the molecule is N#Cc1cccc(C(=O)NCc2ccc(C(=O)O)cc2)c1. The molecule has 0 aliphatic carbocycles. The molecule has 0 atom stereocenters. The van der Waals surface area contributed by atoms with Gasteiger partial charge in [0.15, 0.2) is 0 Å². The predicted molar refractivity (Wildman–Crippen MR) is 75.7 cm³/mol. The van der Waals surface area contributed by atoms with E-state index in [0.29, 0.717) is 11.1 Å². The Morgan fingerprint density at radius 2 is 1.81 bits per heavy atom. The lowest BCUT2D eigenvalue weighted by atomic mass is 10.1. The molecule has 0 unspecified atom stereocenters. The molecule has 0 bridgehead atoms. The summed E-state index contributed by atoms with van der Waals surface area (Å²) in [4.78, 5) is 22.7. The van der Waals surface area contributed by atoms with Crippen molar-refractivity contribution < 1.29 is 14.7 Å². The van der Waals surface area contributed by atoms with Crippen LogP contribution < -0.4 is 5.32 Å². The van der Waals surface area contributed by atoms with Crippen molar-refractivity contribution in [2.75, 3.05) is 0 Å². The van der Waals surface area contributed by atoms with Gasteiger partial charge in [0, 0.05) is 12.1 Å². The minimum Gasteiger partial charge on any atom is -0.478 e. The summed E-state index contributed by atoms with van der Waals surface area (Å²) in [5.41, 5.74) is 1.83. The summed E-state index contributed by atoms with van der Waals surface area (Å²) in [6.45, 7) is 0.287. The molecule has 0 saturated carbocycles. The summed E-state index contributed by atoms with van der Waals surface area (Å²) in [5, 5.41) is 20.3.